The molecular formula is C15H14N4O4S. The topological polar surface area (TPSA) is 103 Å². The van der Waals surface area contributed by atoms with Gasteiger partial charge in [-0.1, -0.05) is 18.2 Å². The zero-order chi connectivity index (χ0) is 17.2. The summed E-state index contributed by atoms with van der Waals surface area (Å²) in [7, 11) is -3.40. The van der Waals surface area contributed by atoms with Gasteiger partial charge in [0.25, 0.3) is 0 Å². The Kier molecular flexibility index (Phi) is 4.17. The van der Waals surface area contributed by atoms with E-state index in [0.717, 1.165) is 6.26 Å². The highest BCUT2D eigenvalue weighted by Crippen LogP contribution is 2.19. The van der Waals surface area contributed by atoms with Crippen molar-refractivity contribution in [3.8, 4) is 11.6 Å². The highest BCUT2D eigenvalue weighted by Gasteiger charge is 2.13. The smallest absolute Gasteiger partial charge is 0.240 e. The monoisotopic (exact) mass is 346 g/mol. The van der Waals surface area contributed by atoms with Gasteiger partial charge in [0.2, 0.25) is 11.8 Å². The number of anilines is 1. The first-order chi connectivity index (χ1) is 11.4. The van der Waals surface area contributed by atoms with Crippen LogP contribution in [0, 0.1) is 0 Å². The maximum atomic E-state index is 11.6. The molecule has 0 radical (unpaired) electrons. The van der Waals surface area contributed by atoms with Crippen molar-refractivity contribution in [2.24, 2.45) is 0 Å². The largest absolute Gasteiger partial charge is 0.438 e. The number of rotatable bonds is 5. The van der Waals surface area contributed by atoms with Gasteiger partial charge in [-0.3, -0.25) is 4.79 Å². The predicted molar refractivity (Wildman–Crippen MR) is 87.8 cm³/mol. The van der Waals surface area contributed by atoms with Crippen molar-refractivity contribution in [1.82, 2.24) is 14.6 Å². The summed E-state index contributed by atoms with van der Waals surface area (Å²) in [5, 5.41) is 6.66. The number of aromatic nitrogens is 3. The standard InChI is InChI=1S/C15H14N4O4S/c1-24(21,22)10-14(20)17-12-9-19-13(16-12)7-8-15(18-19)23-11-5-3-2-4-6-11/h2-9H,10H2,1H3,(H,17,20). The molecule has 2 aromatic heterocycles. The molecule has 9 heteroatoms. The molecular weight excluding hydrogens is 332 g/mol. The number of carbonyl (C=O) groups is 1. The molecule has 8 nitrogen and oxygen atoms in total. The number of hydrogen-bond acceptors (Lipinski definition) is 6. The molecule has 0 aliphatic heterocycles. The number of sulfone groups is 1. The van der Waals surface area contributed by atoms with E-state index in [1.54, 1.807) is 24.3 Å². The van der Waals surface area contributed by atoms with Crippen LogP contribution in [0.3, 0.4) is 0 Å². The van der Waals surface area contributed by atoms with Crippen molar-refractivity contribution in [3.05, 3.63) is 48.7 Å². The minimum atomic E-state index is -3.40. The lowest BCUT2D eigenvalue weighted by molar-refractivity contribution is -0.113. The van der Waals surface area contributed by atoms with Crippen LogP contribution in [-0.4, -0.2) is 40.9 Å². The Morgan fingerprint density at radius 3 is 2.67 bits per heavy atom. The van der Waals surface area contributed by atoms with Gasteiger partial charge >= 0.3 is 0 Å². The number of amides is 1. The number of carbonyl (C=O) groups excluding carboxylic acids is 1. The summed E-state index contributed by atoms with van der Waals surface area (Å²) in [6, 6.07) is 12.5. The van der Waals surface area contributed by atoms with Gasteiger partial charge in [-0.05, 0) is 18.2 Å². The number of fused-ring (bicyclic) bond motifs is 1. The molecule has 0 saturated heterocycles. The van der Waals surface area contributed by atoms with Gasteiger partial charge in [0.1, 0.15) is 11.5 Å². The third kappa shape index (κ3) is 4.07. The van der Waals surface area contributed by atoms with Gasteiger partial charge in [-0.2, -0.15) is 0 Å². The molecule has 0 atom stereocenters. The van der Waals surface area contributed by atoms with Gasteiger partial charge in [-0.25, -0.2) is 17.9 Å². The zero-order valence-electron chi connectivity index (χ0n) is 12.7. The number of para-hydroxylation sites is 1. The molecule has 0 unspecified atom stereocenters. The highest BCUT2D eigenvalue weighted by atomic mass is 32.2. The van der Waals surface area contributed by atoms with E-state index in [9.17, 15) is 13.2 Å². The van der Waals surface area contributed by atoms with Crippen LogP contribution in [0.2, 0.25) is 0 Å². The van der Waals surface area contributed by atoms with Crippen molar-refractivity contribution in [2.45, 2.75) is 0 Å². The summed E-state index contributed by atoms with van der Waals surface area (Å²) in [6.07, 6.45) is 2.47. The number of benzene rings is 1. The SMILES string of the molecule is CS(=O)(=O)CC(=O)Nc1cn2nc(Oc3ccccc3)ccc2n1. The average Bonchev–Trinajstić information content (AvgIpc) is 2.87. The van der Waals surface area contributed by atoms with Crippen LogP contribution in [0.5, 0.6) is 11.6 Å². The molecule has 3 aromatic rings. The lowest BCUT2D eigenvalue weighted by atomic mass is 10.3. The summed E-state index contributed by atoms with van der Waals surface area (Å²) in [6.45, 7) is 0. The summed E-state index contributed by atoms with van der Waals surface area (Å²) in [5.41, 5.74) is 0.491. The number of imidazole rings is 1. The van der Waals surface area contributed by atoms with E-state index in [0.29, 0.717) is 17.3 Å². The number of nitrogens with one attached hydrogen (secondary N) is 1. The first kappa shape index (κ1) is 15.9. The fraction of sp³-hybridized carbons (Fsp3) is 0.133. The van der Waals surface area contributed by atoms with Crippen molar-refractivity contribution < 1.29 is 17.9 Å². The second-order valence-corrected chi connectivity index (χ2v) is 7.27. The third-order valence-corrected chi connectivity index (χ3v) is 3.71. The Morgan fingerprint density at radius 2 is 1.96 bits per heavy atom. The molecule has 1 N–H and O–H groups in total. The molecule has 0 bridgehead atoms. The van der Waals surface area contributed by atoms with E-state index < -0.39 is 21.5 Å². The number of nitrogens with zero attached hydrogens (tertiary/aromatic N) is 3. The van der Waals surface area contributed by atoms with E-state index in [1.807, 2.05) is 18.2 Å². The Bertz CT molecular complexity index is 983. The van der Waals surface area contributed by atoms with Gasteiger partial charge in [0, 0.05) is 12.3 Å². The Balaban J connectivity index is 1.78. The van der Waals surface area contributed by atoms with Crippen LogP contribution >= 0.6 is 0 Å². The first-order valence-electron chi connectivity index (χ1n) is 6.96. The fourth-order valence-electron chi connectivity index (χ4n) is 2.01. The van der Waals surface area contributed by atoms with Crippen LogP contribution in [-0.2, 0) is 14.6 Å². The predicted octanol–water partition coefficient (Wildman–Crippen LogP) is 1.50. The zero-order valence-corrected chi connectivity index (χ0v) is 13.5. The molecule has 0 aliphatic rings. The third-order valence-electron chi connectivity index (χ3n) is 2.92. The quantitative estimate of drug-likeness (QED) is 0.751. The van der Waals surface area contributed by atoms with Gasteiger partial charge < -0.3 is 10.1 Å². The Labute approximate surface area is 138 Å². The Hall–Kier alpha value is -2.94. The van der Waals surface area contributed by atoms with Gasteiger partial charge in [0.05, 0.1) is 6.20 Å². The summed E-state index contributed by atoms with van der Waals surface area (Å²) >= 11 is 0. The molecule has 124 valence electrons. The molecule has 0 fully saturated rings. The average molecular weight is 346 g/mol. The fourth-order valence-corrected chi connectivity index (χ4v) is 2.55. The van der Waals surface area contributed by atoms with Crippen LogP contribution < -0.4 is 10.1 Å². The molecule has 24 heavy (non-hydrogen) atoms. The second kappa shape index (κ2) is 6.28. The van der Waals surface area contributed by atoms with Gasteiger partial charge in [-0.15, -0.1) is 5.10 Å². The van der Waals surface area contributed by atoms with E-state index in [1.165, 1.54) is 10.7 Å². The van der Waals surface area contributed by atoms with Crippen molar-refractivity contribution in [2.75, 3.05) is 17.3 Å². The van der Waals surface area contributed by atoms with Crippen molar-refractivity contribution in [3.63, 3.8) is 0 Å². The molecule has 0 spiro atoms. The normalized spacial score (nSPS) is 11.4. The van der Waals surface area contributed by atoms with E-state index in [-0.39, 0.29) is 5.82 Å². The molecule has 0 aliphatic carbocycles. The number of ether oxygens (including phenoxy) is 1. The van der Waals surface area contributed by atoms with Crippen molar-refractivity contribution >= 4 is 27.2 Å². The Morgan fingerprint density at radius 1 is 1.21 bits per heavy atom. The summed E-state index contributed by atoms with van der Waals surface area (Å²) in [4.78, 5) is 15.8. The highest BCUT2D eigenvalue weighted by molar-refractivity contribution is 7.91. The van der Waals surface area contributed by atoms with Crippen molar-refractivity contribution in [1.29, 1.82) is 0 Å². The van der Waals surface area contributed by atoms with Crippen LogP contribution in [0.4, 0.5) is 5.82 Å². The lowest BCUT2D eigenvalue weighted by Gasteiger charge is -2.03. The minimum absolute atomic E-state index is 0.216. The van der Waals surface area contributed by atoms with Crippen LogP contribution in [0.15, 0.2) is 48.7 Å². The molecule has 2 heterocycles. The lowest BCUT2D eigenvalue weighted by Crippen LogP contribution is -2.22. The van der Waals surface area contributed by atoms with Crippen LogP contribution in [0.25, 0.3) is 5.65 Å². The maximum absolute atomic E-state index is 11.6. The van der Waals surface area contributed by atoms with Crippen LogP contribution in [0.1, 0.15) is 0 Å². The molecule has 3 rings (SSSR count). The second-order valence-electron chi connectivity index (χ2n) is 5.13. The summed E-state index contributed by atoms with van der Waals surface area (Å²) < 4.78 is 29.3. The molecule has 0 saturated carbocycles. The first-order valence-corrected chi connectivity index (χ1v) is 9.02. The number of hydrogen-bond donors (Lipinski definition) is 1. The maximum Gasteiger partial charge on any atom is 0.240 e. The molecule has 1 aromatic carbocycles. The minimum Gasteiger partial charge on any atom is -0.438 e. The molecule has 1 amide bonds. The van der Waals surface area contributed by atoms with E-state index in [4.69, 9.17) is 4.74 Å². The van der Waals surface area contributed by atoms with Gasteiger partial charge in [0.15, 0.2) is 21.3 Å². The summed E-state index contributed by atoms with van der Waals surface area (Å²) in [5.74, 6) is -0.0302. The van der Waals surface area contributed by atoms with E-state index >= 15 is 0 Å². The van der Waals surface area contributed by atoms with E-state index in [2.05, 4.69) is 15.4 Å².